The van der Waals surface area contributed by atoms with Crippen LogP contribution in [0.3, 0.4) is 0 Å². The Labute approximate surface area is 244 Å². The Hall–Kier alpha value is -3.53. The highest BCUT2D eigenvalue weighted by molar-refractivity contribution is 7.13. The number of rotatable bonds is 7. The van der Waals surface area contributed by atoms with Gasteiger partial charge in [0.25, 0.3) is 5.91 Å². The molecule has 9 nitrogen and oxygen atoms in total. The Kier molecular flexibility index (Phi) is 8.58. The molecule has 4 amide bonds. The lowest BCUT2D eigenvalue weighted by molar-refractivity contribution is -0.147. The summed E-state index contributed by atoms with van der Waals surface area (Å²) < 4.78 is 0. The molecule has 41 heavy (non-hydrogen) atoms. The summed E-state index contributed by atoms with van der Waals surface area (Å²) in [6.07, 6.45) is 3.22. The molecule has 1 N–H and O–H groups in total. The van der Waals surface area contributed by atoms with E-state index in [1.807, 2.05) is 43.5 Å². The fraction of sp³-hybridized carbons (Fsp3) is 0.516. The number of ketones is 1. The highest BCUT2D eigenvalue weighted by atomic mass is 32.1. The van der Waals surface area contributed by atoms with Gasteiger partial charge < -0.3 is 20.0 Å². The molecule has 5 rings (SSSR count). The molecule has 0 aliphatic carbocycles. The maximum absolute atomic E-state index is 13.9. The van der Waals surface area contributed by atoms with E-state index < -0.39 is 24.2 Å². The van der Waals surface area contributed by atoms with Gasteiger partial charge in [-0.1, -0.05) is 32.0 Å². The smallest absolute Gasteiger partial charge is 0.251 e. The SMILES string of the molecule is CC(=O)N1CCCCC1C(=O)N1CC(=O)C2C1CCN2C(=O)C(CC(C)C)NC(=O)c1ccc(-c2cccs2)cc1. The van der Waals surface area contributed by atoms with Gasteiger partial charge in [0.1, 0.15) is 18.1 Å². The van der Waals surface area contributed by atoms with E-state index in [1.54, 1.807) is 38.2 Å². The van der Waals surface area contributed by atoms with E-state index in [-0.39, 0.29) is 41.9 Å². The van der Waals surface area contributed by atoms with Gasteiger partial charge in [-0.05, 0) is 67.2 Å². The van der Waals surface area contributed by atoms with Crippen molar-refractivity contribution in [3.05, 3.63) is 47.3 Å². The van der Waals surface area contributed by atoms with Gasteiger partial charge in [-0.25, -0.2) is 0 Å². The summed E-state index contributed by atoms with van der Waals surface area (Å²) in [6, 6.07) is 8.83. The molecule has 3 aliphatic rings. The molecule has 3 aliphatic heterocycles. The number of Topliss-reactive ketones (excluding diaryl/α,β-unsaturated/α-hetero) is 1. The molecule has 0 spiro atoms. The Morgan fingerprint density at radius 3 is 2.39 bits per heavy atom. The maximum Gasteiger partial charge on any atom is 0.251 e. The summed E-state index contributed by atoms with van der Waals surface area (Å²) in [5.74, 6) is -1.01. The lowest BCUT2D eigenvalue weighted by Crippen LogP contribution is -2.54. The Morgan fingerprint density at radius 2 is 1.73 bits per heavy atom. The number of thiophene rings is 1. The molecule has 4 atom stereocenters. The van der Waals surface area contributed by atoms with Gasteiger partial charge in [0, 0.05) is 30.5 Å². The maximum atomic E-state index is 13.9. The molecule has 1 aromatic heterocycles. The average molecular weight is 579 g/mol. The van der Waals surface area contributed by atoms with Gasteiger partial charge in [-0.2, -0.15) is 0 Å². The molecule has 2 aromatic rings. The molecule has 0 radical (unpaired) electrons. The standard InChI is InChI=1S/C31H38N4O5S/c1-19(2)17-23(32-29(38)22-11-9-21(10-12-22)27-8-6-16-41-27)30(39)34-15-13-24-28(34)26(37)18-35(24)31(40)25-7-4-5-14-33(25)20(3)36/h6,8-12,16,19,23-25,28H,4-5,7,13-15,17-18H2,1-3H3,(H,32,38). The van der Waals surface area contributed by atoms with Crippen LogP contribution in [0.1, 0.15) is 63.2 Å². The third kappa shape index (κ3) is 5.93. The predicted octanol–water partition coefficient (Wildman–Crippen LogP) is 3.34. The van der Waals surface area contributed by atoms with Crippen LogP contribution in [0.25, 0.3) is 10.4 Å². The quantitative estimate of drug-likeness (QED) is 0.543. The van der Waals surface area contributed by atoms with Crippen LogP contribution in [-0.2, 0) is 19.2 Å². The highest BCUT2D eigenvalue weighted by Gasteiger charge is 2.53. The molecule has 4 unspecified atom stereocenters. The summed E-state index contributed by atoms with van der Waals surface area (Å²) in [5.41, 5.74) is 1.48. The highest BCUT2D eigenvalue weighted by Crippen LogP contribution is 2.33. The zero-order valence-electron chi connectivity index (χ0n) is 23.9. The average Bonchev–Trinajstić information content (AvgIpc) is 3.71. The summed E-state index contributed by atoms with van der Waals surface area (Å²) in [4.78, 5) is 72.0. The van der Waals surface area contributed by atoms with Gasteiger partial charge in [-0.3, -0.25) is 24.0 Å². The van der Waals surface area contributed by atoms with Crippen molar-refractivity contribution >= 4 is 40.7 Å². The predicted molar refractivity (Wildman–Crippen MR) is 156 cm³/mol. The van der Waals surface area contributed by atoms with Gasteiger partial charge in [0.05, 0.1) is 12.6 Å². The number of hydrogen-bond donors (Lipinski definition) is 1. The van der Waals surface area contributed by atoms with Crippen molar-refractivity contribution in [1.82, 2.24) is 20.0 Å². The second kappa shape index (κ2) is 12.1. The Bertz CT molecular complexity index is 1310. The minimum Gasteiger partial charge on any atom is -0.340 e. The zero-order chi connectivity index (χ0) is 29.3. The van der Waals surface area contributed by atoms with Crippen LogP contribution in [0.15, 0.2) is 41.8 Å². The summed E-state index contributed by atoms with van der Waals surface area (Å²) >= 11 is 1.62. The van der Waals surface area contributed by atoms with Crippen LogP contribution in [0.5, 0.6) is 0 Å². The minimum atomic E-state index is -0.790. The minimum absolute atomic E-state index is 0.0576. The van der Waals surface area contributed by atoms with Crippen molar-refractivity contribution in [1.29, 1.82) is 0 Å². The van der Waals surface area contributed by atoms with Crippen molar-refractivity contribution in [3.63, 3.8) is 0 Å². The van der Waals surface area contributed by atoms with E-state index in [0.717, 1.165) is 23.3 Å². The Balaban J connectivity index is 1.29. The lowest BCUT2D eigenvalue weighted by atomic mass is 10.00. The first-order valence-electron chi connectivity index (χ1n) is 14.5. The first-order valence-corrected chi connectivity index (χ1v) is 15.4. The van der Waals surface area contributed by atoms with Gasteiger partial charge >= 0.3 is 0 Å². The summed E-state index contributed by atoms with van der Waals surface area (Å²) in [7, 11) is 0. The zero-order valence-corrected chi connectivity index (χ0v) is 24.7. The number of carbonyl (C=O) groups excluding carboxylic acids is 5. The van der Waals surface area contributed by atoms with Gasteiger partial charge in [0.15, 0.2) is 5.78 Å². The third-order valence-electron chi connectivity index (χ3n) is 8.44. The molecule has 10 heteroatoms. The lowest BCUT2D eigenvalue weighted by Gasteiger charge is -2.37. The second-order valence-corrected chi connectivity index (χ2v) is 12.6. The van der Waals surface area contributed by atoms with Crippen molar-refractivity contribution in [3.8, 4) is 10.4 Å². The van der Waals surface area contributed by atoms with Gasteiger partial charge in [0.2, 0.25) is 17.7 Å². The number of carbonyl (C=O) groups is 5. The Morgan fingerprint density at radius 1 is 0.976 bits per heavy atom. The van der Waals surface area contributed by atoms with E-state index in [0.29, 0.717) is 37.9 Å². The van der Waals surface area contributed by atoms with E-state index in [4.69, 9.17) is 0 Å². The largest absolute Gasteiger partial charge is 0.340 e. The first kappa shape index (κ1) is 29.0. The molecular formula is C31H38N4O5S. The normalized spacial score (nSPS) is 23.1. The monoisotopic (exact) mass is 578 g/mol. The number of nitrogens with zero attached hydrogens (tertiary/aromatic N) is 3. The first-order chi connectivity index (χ1) is 19.7. The number of piperidine rings is 1. The van der Waals surface area contributed by atoms with Crippen LogP contribution in [-0.4, -0.2) is 87.9 Å². The number of likely N-dealkylation sites (tertiary alicyclic amines) is 3. The second-order valence-electron chi connectivity index (χ2n) is 11.7. The summed E-state index contributed by atoms with van der Waals surface area (Å²) in [5, 5.41) is 4.93. The fourth-order valence-electron chi connectivity index (χ4n) is 6.48. The molecule has 0 saturated carbocycles. The van der Waals surface area contributed by atoms with Crippen molar-refractivity contribution < 1.29 is 24.0 Å². The van der Waals surface area contributed by atoms with E-state index >= 15 is 0 Å². The molecular weight excluding hydrogens is 540 g/mol. The van der Waals surface area contributed by atoms with Crippen molar-refractivity contribution in [2.24, 2.45) is 5.92 Å². The fourth-order valence-corrected chi connectivity index (χ4v) is 7.21. The van der Waals surface area contributed by atoms with Crippen LogP contribution >= 0.6 is 11.3 Å². The molecule has 3 saturated heterocycles. The van der Waals surface area contributed by atoms with Crippen molar-refractivity contribution in [2.45, 2.75) is 77.0 Å². The van der Waals surface area contributed by atoms with Crippen molar-refractivity contribution in [2.75, 3.05) is 19.6 Å². The van der Waals surface area contributed by atoms with Crippen LogP contribution < -0.4 is 5.32 Å². The number of nitrogens with one attached hydrogen (secondary N) is 1. The number of benzene rings is 1. The van der Waals surface area contributed by atoms with E-state index in [9.17, 15) is 24.0 Å². The van der Waals surface area contributed by atoms with Crippen LogP contribution in [0, 0.1) is 5.92 Å². The molecule has 3 fully saturated rings. The third-order valence-corrected chi connectivity index (χ3v) is 9.36. The van der Waals surface area contributed by atoms with E-state index in [2.05, 4.69) is 5.32 Å². The van der Waals surface area contributed by atoms with Gasteiger partial charge in [-0.15, -0.1) is 11.3 Å². The number of fused-ring (bicyclic) bond motifs is 1. The molecule has 0 bridgehead atoms. The van der Waals surface area contributed by atoms with E-state index in [1.165, 1.54) is 6.92 Å². The molecule has 218 valence electrons. The summed E-state index contributed by atoms with van der Waals surface area (Å²) in [6.45, 7) is 6.27. The molecule has 1 aromatic carbocycles. The number of amides is 4. The molecule has 4 heterocycles. The number of hydrogen-bond acceptors (Lipinski definition) is 6. The topological polar surface area (TPSA) is 107 Å². The van der Waals surface area contributed by atoms with Crippen LogP contribution in [0.2, 0.25) is 0 Å². The van der Waals surface area contributed by atoms with Crippen LogP contribution in [0.4, 0.5) is 0 Å².